The molecule has 0 aliphatic carbocycles. The van der Waals surface area contributed by atoms with Gasteiger partial charge < -0.3 is 15.4 Å². The van der Waals surface area contributed by atoms with E-state index in [2.05, 4.69) is 72.5 Å². The van der Waals surface area contributed by atoms with Crippen LogP contribution in [0.5, 0.6) is 5.75 Å². The highest BCUT2D eigenvalue weighted by atomic mass is 127. The zero-order chi connectivity index (χ0) is 20.6. The van der Waals surface area contributed by atoms with Gasteiger partial charge in [-0.1, -0.05) is 39.8 Å². The van der Waals surface area contributed by atoms with Crippen molar-refractivity contribution in [3.05, 3.63) is 42.0 Å². The molecular formula is C21H35IN6O. The van der Waals surface area contributed by atoms with Crippen LogP contribution < -0.4 is 15.4 Å². The molecule has 0 spiro atoms. The van der Waals surface area contributed by atoms with E-state index in [1.165, 1.54) is 5.56 Å². The molecule has 0 aliphatic rings. The first-order chi connectivity index (χ1) is 13.3. The second-order valence-electron chi connectivity index (χ2n) is 7.96. The van der Waals surface area contributed by atoms with Crippen molar-refractivity contribution < 1.29 is 4.74 Å². The number of aliphatic imine (C=N–C) groups is 1. The zero-order valence-electron chi connectivity index (χ0n) is 18.4. The molecule has 2 N–H and O–H groups in total. The Hall–Kier alpha value is -1.84. The highest BCUT2D eigenvalue weighted by Crippen LogP contribution is 2.24. The monoisotopic (exact) mass is 514 g/mol. The molecular weight excluding hydrogens is 479 g/mol. The van der Waals surface area contributed by atoms with Gasteiger partial charge in [0.15, 0.2) is 5.96 Å². The number of rotatable bonds is 9. The molecule has 0 aliphatic heterocycles. The summed E-state index contributed by atoms with van der Waals surface area (Å²) >= 11 is 0. The molecule has 162 valence electrons. The minimum atomic E-state index is -0.0580. The first-order valence-electron chi connectivity index (χ1n) is 9.90. The molecule has 8 heteroatoms. The lowest BCUT2D eigenvalue weighted by Gasteiger charge is -2.27. The fraction of sp³-hybridized carbons (Fsp3) is 0.571. The molecule has 0 amide bonds. The van der Waals surface area contributed by atoms with Crippen LogP contribution in [0.15, 0.2) is 35.6 Å². The number of hydrogen-bond acceptors (Lipinski definition) is 4. The quantitative estimate of drug-likeness (QED) is 0.305. The first-order valence-corrected chi connectivity index (χ1v) is 9.90. The Morgan fingerprint density at radius 1 is 1.21 bits per heavy atom. The lowest BCUT2D eigenvalue weighted by Crippen LogP contribution is -2.43. The molecule has 0 bridgehead atoms. The molecule has 0 saturated heterocycles. The fourth-order valence-electron chi connectivity index (χ4n) is 2.63. The first kappa shape index (κ1) is 25.2. The second kappa shape index (κ2) is 12.0. The summed E-state index contributed by atoms with van der Waals surface area (Å²) < 4.78 is 7.52. The molecule has 0 unspecified atom stereocenters. The number of hydrogen-bond donors (Lipinski definition) is 2. The maximum Gasteiger partial charge on any atom is 0.191 e. The number of aryl methyl sites for hydroxylation is 1. The van der Waals surface area contributed by atoms with Gasteiger partial charge in [-0.3, -0.25) is 4.68 Å². The van der Waals surface area contributed by atoms with Crippen molar-refractivity contribution in [3.63, 3.8) is 0 Å². The van der Waals surface area contributed by atoms with Crippen LogP contribution in [0.25, 0.3) is 0 Å². The van der Waals surface area contributed by atoms with Gasteiger partial charge in [-0.05, 0) is 30.5 Å². The van der Waals surface area contributed by atoms with Crippen LogP contribution in [0.2, 0.25) is 0 Å². The number of aromatic nitrogens is 3. The van der Waals surface area contributed by atoms with E-state index in [1.807, 2.05) is 19.2 Å². The highest BCUT2D eigenvalue weighted by Gasteiger charge is 2.21. The van der Waals surface area contributed by atoms with Crippen molar-refractivity contribution in [2.75, 3.05) is 19.7 Å². The predicted molar refractivity (Wildman–Crippen MR) is 129 cm³/mol. The number of ether oxygens (including phenoxy) is 1. The molecule has 0 fully saturated rings. The van der Waals surface area contributed by atoms with Crippen molar-refractivity contribution >= 4 is 29.9 Å². The van der Waals surface area contributed by atoms with Gasteiger partial charge in [0.05, 0.1) is 6.61 Å². The van der Waals surface area contributed by atoms with E-state index in [1.54, 1.807) is 11.0 Å². The molecule has 1 aromatic carbocycles. The normalized spacial score (nSPS) is 11.9. The van der Waals surface area contributed by atoms with Gasteiger partial charge in [0.1, 0.15) is 24.4 Å². The third-order valence-corrected chi connectivity index (χ3v) is 4.44. The maximum absolute atomic E-state index is 5.78. The van der Waals surface area contributed by atoms with Crippen LogP contribution in [0, 0.1) is 5.92 Å². The van der Waals surface area contributed by atoms with Crippen molar-refractivity contribution in [1.29, 1.82) is 0 Å². The topological polar surface area (TPSA) is 76.4 Å². The van der Waals surface area contributed by atoms with E-state index in [0.717, 1.165) is 37.2 Å². The number of guanidine groups is 1. The number of nitrogens with one attached hydrogen (secondary N) is 2. The van der Waals surface area contributed by atoms with Gasteiger partial charge in [-0.25, -0.2) is 9.98 Å². The molecule has 0 radical (unpaired) electrons. The third-order valence-electron chi connectivity index (χ3n) is 4.44. The van der Waals surface area contributed by atoms with Gasteiger partial charge in [0.2, 0.25) is 0 Å². The minimum Gasteiger partial charge on any atom is -0.493 e. The van der Waals surface area contributed by atoms with Crippen LogP contribution in [0.4, 0.5) is 0 Å². The van der Waals surface area contributed by atoms with E-state index in [4.69, 9.17) is 4.74 Å². The Labute approximate surface area is 191 Å². The van der Waals surface area contributed by atoms with Crippen LogP contribution in [0.3, 0.4) is 0 Å². The van der Waals surface area contributed by atoms with Crippen LogP contribution in [-0.4, -0.2) is 40.4 Å². The number of benzene rings is 1. The van der Waals surface area contributed by atoms with E-state index in [-0.39, 0.29) is 29.4 Å². The average Bonchev–Trinajstić information content (AvgIpc) is 3.07. The summed E-state index contributed by atoms with van der Waals surface area (Å²) in [5.41, 5.74) is 1.19. The summed E-state index contributed by atoms with van der Waals surface area (Å²) in [6, 6.07) is 8.38. The molecule has 1 aromatic heterocycles. The Morgan fingerprint density at radius 2 is 1.90 bits per heavy atom. The van der Waals surface area contributed by atoms with Gasteiger partial charge >= 0.3 is 0 Å². The van der Waals surface area contributed by atoms with Gasteiger partial charge in [-0.15, -0.1) is 24.0 Å². The predicted octanol–water partition coefficient (Wildman–Crippen LogP) is 3.50. The standard InChI is InChI=1S/C21H34N6O.HI/c1-7-22-20(23-12-19-25-15-26-27(19)6)24-14-21(4,5)17-8-10-18(11-9-17)28-13-16(2)3;/h8-11,15-16H,7,12-14H2,1-6H3,(H2,22,23,24);1H. The molecule has 2 rings (SSSR count). The SMILES string of the molecule is CCNC(=NCc1ncnn1C)NCC(C)(C)c1ccc(OCC(C)C)cc1.I. The average molecular weight is 514 g/mol. The Bertz CT molecular complexity index is 755. The lowest BCUT2D eigenvalue weighted by molar-refractivity contribution is 0.271. The smallest absolute Gasteiger partial charge is 0.191 e. The van der Waals surface area contributed by atoms with Gasteiger partial charge in [0.25, 0.3) is 0 Å². The van der Waals surface area contributed by atoms with E-state index in [9.17, 15) is 0 Å². The van der Waals surface area contributed by atoms with Gasteiger partial charge in [-0.2, -0.15) is 5.10 Å². The summed E-state index contributed by atoms with van der Waals surface area (Å²) in [7, 11) is 1.87. The largest absolute Gasteiger partial charge is 0.493 e. The Balaban J connectivity index is 0.00000420. The van der Waals surface area contributed by atoms with Gasteiger partial charge in [0, 0.05) is 25.6 Å². The molecule has 0 atom stereocenters. The molecule has 0 saturated carbocycles. The van der Waals surface area contributed by atoms with Crippen molar-refractivity contribution in [3.8, 4) is 5.75 Å². The Morgan fingerprint density at radius 3 is 2.45 bits per heavy atom. The van der Waals surface area contributed by atoms with E-state index >= 15 is 0 Å². The Kier molecular flexibility index (Phi) is 10.4. The van der Waals surface area contributed by atoms with Crippen molar-refractivity contribution in [2.45, 2.75) is 46.6 Å². The lowest BCUT2D eigenvalue weighted by atomic mass is 9.84. The third kappa shape index (κ3) is 8.20. The van der Waals surface area contributed by atoms with Crippen LogP contribution in [-0.2, 0) is 19.0 Å². The fourth-order valence-corrected chi connectivity index (χ4v) is 2.63. The number of halogens is 1. The van der Waals surface area contributed by atoms with Crippen molar-refractivity contribution in [1.82, 2.24) is 25.4 Å². The molecule has 29 heavy (non-hydrogen) atoms. The maximum atomic E-state index is 5.78. The van der Waals surface area contributed by atoms with Crippen LogP contribution in [0.1, 0.15) is 46.0 Å². The summed E-state index contributed by atoms with van der Waals surface area (Å²) in [6.07, 6.45) is 1.54. The molecule has 2 aromatic rings. The number of nitrogens with zero attached hydrogens (tertiary/aromatic N) is 4. The zero-order valence-corrected chi connectivity index (χ0v) is 20.7. The molecule has 7 nitrogen and oxygen atoms in total. The van der Waals surface area contributed by atoms with Crippen molar-refractivity contribution in [2.24, 2.45) is 18.0 Å². The second-order valence-corrected chi connectivity index (χ2v) is 7.96. The summed E-state index contributed by atoms with van der Waals surface area (Å²) in [5, 5.41) is 10.8. The van der Waals surface area contributed by atoms with Crippen LogP contribution >= 0.6 is 24.0 Å². The summed E-state index contributed by atoms with van der Waals surface area (Å²) in [5.74, 6) is 3.04. The van der Waals surface area contributed by atoms with E-state index < -0.39 is 0 Å². The highest BCUT2D eigenvalue weighted by molar-refractivity contribution is 14.0. The van der Waals surface area contributed by atoms with E-state index in [0.29, 0.717) is 12.5 Å². The minimum absolute atomic E-state index is 0. The molecule has 1 heterocycles. The summed E-state index contributed by atoms with van der Waals surface area (Å²) in [6.45, 7) is 13.6. The summed E-state index contributed by atoms with van der Waals surface area (Å²) in [4.78, 5) is 8.84.